The predicted molar refractivity (Wildman–Crippen MR) is 98.8 cm³/mol. The molecule has 1 aliphatic rings. The Morgan fingerprint density at radius 2 is 2.08 bits per heavy atom. The topological polar surface area (TPSA) is 61.4 Å². The van der Waals surface area contributed by atoms with E-state index in [4.69, 9.17) is 0 Å². The molecular weight excluding hydrogens is 333 g/mol. The monoisotopic (exact) mass is 357 g/mol. The van der Waals surface area contributed by atoms with E-state index in [9.17, 15) is 9.18 Å². The van der Waals surface area contributed by atoms with Gasteiger partial charge < -0.3 is 15.1 Å². The van der Waals surface area contributed by atoms with Crippen molar-refractivity contribution in [1.82, 2.24) is 19.8 Å². The molecule has 1 unspecified atom stereocenters. The van der Waals surface area contributed by atoms with Crippen LogP contribution in [0.1, 0.15) is 28.2 Å². The van der Waals surface area contributed by atoms with Crippen LogP contribution in [0, 0.1) is 5.82 Å². The van der Waals surface area contributed by atoms with E-state index in [-0.39, 0.29) is 11.7 Å². The van der Waals surface area contributed by atoms with Crippen molar-refractivity contribution >= 4 is 11.7 Å². The minimum absolute atomic E-state index is 0.190. The zero-order valence-corrected chi connectivity index (χ0v) is 15.4. The van der Waals surface area contributed by atoms with Crippen LogP contribution in [0.5, 0.6) is 0 Å². The quantitative estimate of drug-likeness (QED) is 0.887. The number of anilines is 1. The normalized spacial score (nSPS) is 17.3. The molecule has 1 aromatic heterocycles. The Hall–Kier alpha value is -2.54. The molecule has 7 heteroatoms. The Morgan fingerprint density at radius 3 is 2.69 bits per heavy atom. The molecule has 1 amide bonds. The summed E-state index contributed by atoms with van der Waals surface area (Å²) in [6, 6.07) is 6.61. The van der Waals surface area contributed by atoms with Crippen LogP contribution in [-0.4, -0.2) is 65.9 Å². The van der Waals surface area contributed by atoms with Gasteiger partial charge in [0.2, 0.25) is 0 Å². The third kappa shape index (κ3) is 4.35. The largest absolute Gasteiger partial charge is 0.364 e. The molecule has 0 radical (unpaired) electrons. The van der Waals surface area contributed by atoms with Crippen LogP contribution in [0.3, 0.4) is 0 Å². The van der Waals surface area contributed by atoms with Gasteiger partial charge in [0.1, 0.15) is 17.3 Å². The number of amides is 1. The lowest BCUT2D eigenvalue weighted by molar-refractivity contribution is 0.0821. The van der Waals surface area contributed by atoms with E-state index in [1.807, 2.05) is 0 Å². The molecule has 0 aliphatic carbocycles. The number of aromatic nitrogens is 2. The van der Waals surface area contributed by atoms with Crippen molar-refractivity contribution in [3.8, 4) is 0 Å². The van der Waals surface area contributed by atoms with E-state index in [2.05, 4.69) is 27.2 Å². The highest BCUT2D eigenvalue weighted by Crippen LogP contribution is 2.20. The van der Waals surface area contributed by atoms with Crippen LogP contribution in [0.4, 0.5) is 10.2 Å². The number of hydrogen-bond donors (Lipinski definition) is 1. The van der Waals surface area contributed by atoms with E-state index in [0.29, 0.717) is 29.7 Å². The Morgan fingerprint density at radius 1 is 1.35 bits per heavy atom. The van der Waals surface area contributed by atoms with Crippen molar-refractivity contribution in [2.75, 3.05) is 39.5 Å². The van der Waals surface area contributed by atoms with Gasteiger partial charge in [0.05, 0.1) is 11.9 Å². The SMILES string of the molecule is CN1CCC(Nc2ncc(C(=O)N(C)C)nc2Cc2ccc(F)cc2)C1. The molecule has 1 fully saturated rings. The maximum Gasteiger partial charge on any atom is 0.273 e. The standard InChI is InChI=1S/C19H24FN5O/c1-24(2)19(26)17-11-21-18(22-15-8-9-25(3)12-15)16(23-17)10-13-4-6-14(20)7-5-13/h4-7,11,15H,8-10,12H2,1-3H3,(H,21,22). The third-order valence-electron chi connectivity index (χ3n) is 4.49. The number of carbonyl (C=O) groups is 1. The highest BCUT2D eigenvalue weighted by molar-refractivity contribution is 5.91. The van der Waals surface area contributed by atoms with Crippen LogP contribution in [0.2, 0.25) is 0 Å². The minimum Gasteiger partial charge on any atom is -0.364 e. The molecule has 0 bridgehead atoms. The van der Waals surface area contributed by atoms with E-state index < -0.39 is 0 Å². The van der Waals surface area contributed by atoms with E-state index in [0.717, 1.165) is 25.1 Å². The maximum absolute atomic E-state index is 13.2. The number of likely N-dealkylation sites (tertiary alicyclic amines) is 1. The van der Waals surface area contributed by atoms with Gasteiger partial charge in [-0.3, -0.25) is 4.79 Å². The first-order valence-corrected chi connectivity index (χ1v) is 8.69. The molecule has 1 atom stereocenters. The maximum atomic E-state index is 13.2. The van der Waals surface area contributed by atoms with Crippen molar-refractivity contribution in [3.05, 3.63) is 53.2 Å². The number of carbonyl (C=O) groups excluding carboxylic acids is 1. The number of rotatable bonds is 5. The average Bonchev–Trinajstić information content (AvgIpc) is 3.02. The fourth-order valence-corrected chi connectivity index (χ4v) is 3.05. The molecule has 1 aliphatic heterocycles. The van der Waals surface area contributed by atoms with Gasteiger partial charge in [-0.2, -0.15) is 0 Å². The second-order valence-corrected chi connectivity index (χ2v) is 6.95. The molecule has 1 N–H and O–H groups in total. The van der Waals surface area contributed by atoms with Gasteiger partial charge in [-0.15, -0.1) is 0 Å². The first-order valence-electron chi connectivity index (χ1n) is 8.69. The first-order chi connectivity index (χ1) is 12.4. The molecule has 138 valence electrons. The van der Waals surface area contributed by atoms with Crippen molar-refractivity contribution < 1.29 is 9.18 Å². The summed E-state index contributed by atoms with van der Waals surface area (Å²) in [6.45, 7) is 1.98. The number of benzene rings is 1. The Balaban J connectivity index is 1.88. The highest BCUT2D eigenvalue weighted by atomic mass is 19.1. The second kappa shape index (κ2) is 7.78. The van der Waals surface area contributed by atoms with E-state index in [1.54, 1.807) is 26.2 Å². The van der Waals surface area contributed by atoms with Crippen molar-refractivity contribution in [3.63, 3.8) is 0 Å². The van der Waals surface area contributed by atoms with E-state index in [1.165, 1.54) is 23.2 Å². The summed E-state index contributed by atoms with van der Waals surface area (Å²) >= 11 is 0. The lowest BCUT2D eigenvalue weighted by atomic mass is 10.1. The number of nitrogens with one attached hydrogen (secondary N) is 1. The Labute approximate surface area is 153 Å². The van der Waals surface area contributed by atoms with E-state index >= 15 is 0 Å². The minimum atomic E-state index is -0.274. The first kappa shape index (κ1) is 18.3. The molecule has 0 spiro atoms. The predicted octanol–water partition coefficient (Wildman–Crippen LogP) is 2.02. The summed E-state index contributed by atoms with van der Waals surface area (Å²) in [5, 5.41) is 3.45. The molecule has 6 nitrogen and oxygen atoms in total. The van der Waals surface area contributed by atoms with Gasteiger partial charge in [-0.25, -0.2) is 14.4 Å². The third-order valence-corrected chi connectivity index (χ3v) is 4.49. The van der Waals surface area contributed by atoms with Crippen molar-refractivity contribution in [1.29, 1.82) is 0 Å². The van der Waals surface area contributed by atoms with Gasteiger partial charge in [-0.1, -0.05) is 12.1 Å². The number of hydrogen-bond acceptors (Lipinski definition) is 5. The fraction of sp³-hybridized carbons (Fsp3) is 0.421. The van der Waals surface area contributed by atoms with Crippen LogP contribution in [0.15, 0.2) is 30.5 Å². The van der Waals surface area contributed by atoms with Crippen LogP contribution >= 0.6 is 0 Å². The van der Waals surface area contributed by atoms with Gasteiger partial charge >= 0.3 is 0 Å². The van der Waals surface area contributed by atoms with Gasteiger partial charge in [0, 0.05) is 33.1 Å². The zero-order chi connectivity index (χ0) is 18.7. The fourth-order valence-electron chi connectivity index (χ4n) is 3.05. The molecule has 0 saturated carbocycles. The van der Waals surface area contributed by atoms with Gasteiger partial charge in [0.15, 0.2) is 0 Å². The molecule has 3 rings (SSSR count). The number of likely N-dealkylation sites (N-methyl/N-ethyl adjacent to an activating group) is 1. The van der Waals surface area contributed by atoms with Crippen molar-refractivity contribution in [2.24, 2.45) is 0 Å². The van der Waals surface area contributed by atoms with Crippen LogP contribution in [-0.2, 0) is 6.42 Å². The molecule has 2 heterocycles. The lowest BCUT2D eigenvalue weighted by Crippen LogP contribution is -2.26. The summed E-state index contributed by atoms with van der Waals surface area (Å²) < 4.78 is 13.2. The summed E-state index contributed by atoms with van der Waals surface area (Å²) in [6.07, 6.45) is 3.02. The summed E-state index contributed by atoms with van der Waals surface area (Å²) in [7, 11) is 5.46. The van der Waals surface area contributed by atoms with Gasteiger partial charge in [0.25, 0.3) is 5.91 Å². The number of nitrogens with zero attached hydrogens (tertiary/aromatic N) is 4. The van der Waals surface area contributed by atoms with Crippen LogP contribution < -0.4 is 5.32 Å². The Bertz CT molecular complexity index is 778. The molecule has 2 aromatic rings. The number of halogens is 1. The summed E-state index contributed by atoms with van der Waals surface area (Å²) in [4.78, 5) is 25.0. The zero-order valence-electron chi connectivity index (χ0n) is 15.4. The Kier molecular flexibility index (Phi) is 5.46. The summed E-state index contributed by atoms with van der Waals surface area (Å²) in [5.74, 6) is 0.221. The molecular formula is C19H24FN5O. The molecule has 26 heavy (non-hydrogen) atoms. The van der Waals surface area contributed by atoms with Crippen molar-refractivity contribution in [2.45, 2.75) is 18.9 Å². The van der Waals surface area contributed by atoms with Crippen LogP contribution in [0.25, 0.3) is 0 Å². The summed E-state index contributed by atoms with van der Waals surface area (Å²) in [5.41, 5.74) is 1.92. The molecule has 1 aromatic carbocycles. The smallest absolute Gasteiger partial charge is 0.273 e. The second-order valence-electron chi connectivity index (χ2n) is 6.95. The van der Waals surface area contributed by atoms with Gasteiger partial charge in [-0.05, 0) is 37.7 Å². The lowest BCUT2D eigenvalue weighted by Gasteiger charge is -2.17. The average molecular weight is 357 g/mol. The molecule has 1 saturated heterocycles. The highest BCUT2D eigenvalue weighted by Gasteiger charge is 2.22.